The summed E-state index contributed by atoms with van der Waals surface area (Å²) >= 11 is 0. The molecule has 1 atom stereocenters. The maximum absolute atomic E-state index is 12.4. The van der Waals surface area contributed by atoms with Gasteiger partial charge >= 0.3 is 5.97 Å². The lowest BCUT2D eigenvalue weighted by molar-refractivity contribution is 0.0698. The molecule has 0 heterocycles. The minimum absolute atomic E-state index is 0.0521. The molecule has 92 valence electrons. The predicted molar refractivity (Wildman–Crippen MR) is 68.9 cm³/mol. The number of rotatable bonds is 3. The Balaban J connectivity index is 2.62. The first-order chi connectivity index (χ1) is 8.53. The first kappa shape index (κ1) is 12.6. The van der Waals surface area contributed by atoms with Gasteiger partial charge in [0, 0.05) is 5.30 Å². The Labute approximate surface area is 104 Å². The van der Waals surface area contributed by atoms with Crippen LogP contribution >= 0.6 is 7.37 Å². The second kappa shape index (κ2) is 4.77. The highest BCUT2D eigenvalue weighted by Gasteiger charge is 2.28. The summed E-state index contributed by atoms with van der Waals surface area (Å²) in [5, 5.41) is 9.21. The van der Waals surface area contributed by atoms with Crippen molar-refractivity contribution in [2.24, 2.45) is 0 Å². The van der Waals surface area contributed by atoms with E-state index in [1.807, 2.05) is 0 Å². The van der Waals surface area contributed by atoms with Gasteiger partial charge in [0.25, 0.3) is 7.37 Å². The van der Waals surface area contributed by atoms with E-state index < -0.39 is 13.3 Å². The van der Waals surface area contributed by atoms with E-state index in [0.717, 1.165) is 0 Å². The van der Waals surface area contributed by atoms with Crippen molar-refractivity contribution in [1.82, 2.24) is 0 Å². The predicted octanol–water partition coefficient (Wildman–Crippen LogP) is 1.61. The van der Waals surface area contributed by atoms with Crippen LogP contribution in [0.3, 0.4) is 0 Å². The number of hydrogen-bond acceptors (Lipinski definition) is 2. The normalized spacial score (nSPS) is 13.8. The summed E-state index contributed by atoms with van der Waals surface area (Å²) in [5.41, 5.74) is -0.146. The Kier molecular flexibility index (Phi) is 3.32. The van der Waals surface area contributed by atoms with E-state index in [-0.39, 0.29) is 16.2 Å². The fourth-order valence-corrected chi connectivity index (χ4v) is 3.33. The zero-order valence-corrected chi connectivity index (χ0v) is 10.2. The smallest absolute Gasteiger partial charge is 0.336 e. The van der Waals surface area contributed by atoms with Crippen LogP contribution < -0.4 is 10.6 Å². The molecular weight excluding hydrogens is 251 g/mol. The lowest BCUT2D eigenvalue weighted by Gasteiger charge is -2.14. The summed E-state index contributed by atoms with van der Waals surface area (Å²) in [5.74, 6) is -1.21. The van der Waals surface area contributed by atoms with Crippen LogP contribution in [0.2, 0.25) is 0 Å². The number of aromatic carboxylic acids is 1. The van der Waals surface area contributed by atoms with Gasteiger partial charge in [0.2, 0.25) is 0 Å². The van der Waals surface area contributed by atoms with Crippen LogP contribution in [0, 0.1) is 0 Å². The van der Waals surface area contributed by atoms with Crippen molar-refractivity contribution in [3.63, 3.8) is 0 Å². The number of carboxylic acids is 1. The lowest BCUT2D eigenvalue weighted by Crippen LogP contribution is -2.21. The summed E-state index contributed by atoms with van der Waals surface area (Å²) < 4.78 is 12.4. The Bertz CT molecular complexity index is 622. The van der Waals surface area contributed by atoms with Gasteiger partial charge in [-0.25, -0.2) is 4.79 Å². The van der Waals surface area contributed by atoms with Crippen LogP contribution in [-0.2, 0) is 4.57 Å². The van der Waals surface area contributed by atoms with Gasteiger partial charge in [0.1, 0.15) is 0 Å². The molecular formula is C13H11O4P. The van der Waals surface area contributed by atoms with E-state index >= 15 is 0 Å². The van der Waals surface area contributed by atoms with Crippen molar-refractivity contribution in [3.8, 4) is 0 Å². The quantitative estimate of drug-likeness (QED) is 0.824. The van der Waals surface area contributed by atoms with E-state index in [9.17, 15) is 14.3 Å². The summed E-state index contributed by atoms with van der Waals surface area (Å²) in [6.07, 6.45) is 0. The minimum Gasteiger partial charge on any atom is -0.478 e. The zero-order chi connectivity index (χ0) is 13.2. The Morgan fingerprint density at radius 2 is 1.50 bits per heavy atom. The van der Waals surface area contributed by atoms with Gasteiger partial charge in [-0.3, -0.25) is 4.57 Å². The molecule has 2 aromatic rings. The van der Waals surface area contributed by atoms with Crippen molar-refractivity contribution < 1.29 is 19.4 Å². The zero-order valence-electron chi connectivity index (χ0n) is 9.35. The van der Waals surface area contributed by atoms with E-state index in [0.29, 0.717) is 0 Å². The first-order valence-electron chi connectivity index (χ1n) is 5.25. The maximum Gasteiger partial charge on any atom is 0.336 e. The third kappa shape index (κ3) is 2.21. The van der Waals surface area contributed by atoms with Crippen LogP contribution in [0.1, 0.15) is 10.4 Å². The molecule has 0 amide bonds. The molecule has 5 heteroatoms. The maximum atomic E-state index is 12.4. The SMILES string of the molecule is O=C(O)c1ccccc1P(=O)(O)c1ccccc1. The average Bonchev–Trinajstić information content (AvgIpc) is 2.39. The van der Waals surface area contributed by atoms with Crippen molar-refractivity contribution in [1.29, 1.82) is 0 Å². The summed E-state index contributed by atoms with van der Waals surface area (Å²) in [6, 6.07) is 13.8. The molecule has 18 heavy (non-hydrogen) atoms. The number of benzene rings is 2. The molecule has 0 spiro atoms. The van der Waals surface area contributed by atoms with Gasteiger partial charge in [-0.05, 0) is 24.3 Å². The lowest BCUT2D eigenvalue weighted by atomic mass is 10.2. The molecule has 2 aromatic carbocycles. The van der Waals surface area contributed by atoms with Gasteiger partial charge in [-0.1, -0.05) is 30.3 Å². The average molecular weight is 262 g/mol. The van der Waals surface area contributed by atoms with Crippen molar-refractivity contribution in [2.45, 2.75) is 0 Å². The van der Waals surface area contributed by atoms with Crippen molar-refractivity contribution >= 4 is 23.9 Å². The number of hydrogen-bond donors (Lipinski definition) is 2. The third-order valence-corrected chi connectivity index (χ3v) is 4.61. The van der Waals surface area contributed by atoms with Gasteiger partial charge in [-0.2, -0.15) is 0 Å². The van der Waals surface area contributed by atoms with Crippen LogP contribution in [0.15, 0.2) is 54.6 Å². The highest BCUT2D eigenvalue weighted by molar-refractivity contribution is 7.73. The minimum atomic E-state index is -3.87. The molecule has 0 saturated heterocycles. The second-order valence-electron chi connectivity index (χ2n) is 3.73. The van der Waals surface area contributed by atoms with E-state index in [2.05, 4.69) is 0 Å². The molecule has 2 rings (SSSR count). The second-order valence-corrected chi connectivity index (χ2v) is 5.88. The van der Waals surface area contributed by atoms with Gasteiger partial charge in [0.15, 0.2) is 0 Å². The molecule has 0 radical (unpaired) electrons. The van der Waals surface area contributed by atoms with E-state index in [4.69, 9.17) is 5.11 Å². The molecule has 4 nitrogen and oxygen atoms in total. The Morgan fingerprint density at radius 3 is 2.11 bits per heavy atom. The molecule has 0 bridgehead atoms. The van der Waals surface area contributed by atoms with Crippen molar-refractivity contribution in [2.75, 3.05) is 0 Å². The van der Waals surface area contributed by atoms with E-state index in [1.165, 1.54) is 30.3 Å². The fraction of sp³-hybridized carbons (Fsp3) is 0. The molecule has 0 aromatic heterocycles. The molecule has 0 aliphatic heterocycles. The molecule has 0 aliphatic carbocycles. The molecule has 0 fully saturated rings. The fourth-order valence-electron chi connectivity index (χ4n) is 1.69. The molecule has 0 saturated carbocycles. The highest BCUT2D eigenvalue weighted by Crippen LogP contribution is 2.39. The Morgan fingerprint density at radius 1 is 0.944 bits per heavy atom. The van der Waals surface area contributed by atoms with Gasteiger partial charge in [-0.15, -0.1) is 0 Å². The number of carboxylic acid groups (broad SMARTS) is 1. The van der Waals surface area contributed by atoms with Crippen LogP contribution in [0.4, 0.5) is 0 Å². The molecule has 2 N–H and O–H groups in total. The largest absolute Gasteiger partial charge is 0.478 e. The van der Waals surface area contributed by atoms with Crippen LogP contribution in [-0.4, -0.2) is 16.0 Å². The third-order valence-electron chi connectivity index (χ3n) is 2.57. The summed E-state index contributed by atoms with van der Waals surface area (Å²) in [4.78, 5) is 21.2. The highest BCUT2D eigenvalue weighted by atomic mass is 31.2. The standard InChI is InChI=1S/C13H11O4P/c14-13(15)11-8-4-5-9-12(11)18(16,17)10-6-2-1-3-7-10/h1-9H,(H,14,15)(H,16,17). The van der Waals surface area contributed by atoms with Crippen molar-refractivity contribution in [3.05, 3.63) is 60.2 Å². The van der Waals surface area contributed by atoms with Crippen LogP contribution in [0.5, 0.6) is 0 Å². The topological polar surface area (TPSA) is 74.6 Å². The molecule has 0 aliphatic rings. The molecule has 1 unspecified atom stereocenters. The van der Waals surface area contributed by atoms with Gasteiger partial charge < -0.3 is 10.00 Å². The first-order valence-corrected chi connectivity index (χ1v) is 6.91. The van der Waals surface area contributed by atoms with Gasteiger partial charge in [0.05, 0.1) is 10.9 Å². The monoisotopic (exact) mass is 262 g/mol. The van der Waals surface area contributed by atoms with E-state index in [1.54, 1.807) is 24.3 Å². The summed E-state index contributed by atoms with van der Waals surface area (Å²) in [7, 11) is -3.87. The Hall–Kier alpha value is -1.90. The van der Waals surface area contributed by atoms with Crippen LogP contribution in [0.25, 0.3) is 0 Å². The number of carbonyl (C=O) groups is 1. The summed E-state index contributed by atoms with van der Waals surface area (Å²) in [6.45, 7) is 0.